The van der Waals surface area contributed by atoms with Gasteiger partial charge in [-0.05, 0) is 60.2 Å². The second kappa shape index (κ2) is 9.41. The van der Waals surface area contributed by atoms with Crippen molar-refractivity contribution in [3.63, 3.8) is 0 Å². The van der Waals surface area contributed by atoms with Gasteiger partial charge in [-0.2, -0.15) is 10.2 Å². The number of benzene rings is 3. The Morgan fingerprint density at radius 3 is 2.48 bits per heavy atom. The first kappa shape index (κ1) is 19.9. The molecule has 0 aliphatic heterocycles. The summed E-state index contributed by atoms with van der Waals surface area (Å²) in [5.41, 5.74) is 5.12. The van der Waals surface area contributed by atoms with Crippen LogP contribution in [0.3, 0.4) is 0 Å². The molecule has 154 valence electrons. The first-order valence-electron chi connectivity index (χ1n) is 9.57. The number of nitrogens with one attached hydrogen (secondary N) is 2. The number of hydrazone groups is 1. The predicted octanol–water partition coefficient (Wildman–Crippen LogP) is 4.64. The SMILES string of the molecule is COc1ccc(-c2cc(C(=O)N/N=C\c3cccc(Oc4ccccc4)c3)[nH]n2)cc1. The van der Waals surface area contributed by atoms with Crippen molar-refractivity contribution in [2.45, 2.75) is 0 Å². The molecule has 0 bridgehead atoms. The Balaban J connectivity index is 1.37. The van der Waals surface area contributed by atoms with Gasteiger partial charge in [0.2, 0.25) is 0 Å². The average molecular weight is 412 g/mol. The minimum Gasteiger partial charge on any atom is -0.497 e. The van der Waals surface area contributed by atoms with Crippen molar-refractivity contribution in [3.8, 4) is 28.5 Å². The van der Waals surface area contributed by atoms with E-state index in [4.69, 9.17) is 9.47 Å². The number of methoxy groups -OCH3 is 1. The first-order valence-corrected chi connectivity index (χ1v) is 9.57. The molecule has 0 radical (unpaired) electrons. The van der Waals surface area contributed by atoms with E-state index in [9.17, 15) is 4.79 Å². The predicted molar refractivity (Wildman–Crippen MR) is 119 cm³/mol. The number of carbonyl (C=O) groups excluding carboxylic acids is 1. The molecule has 0 saturated carbocycles. The van der Waals surface area contributed by atoms with Crippen LogP contribution >= 0.6 is 0 Å². The monoisotopic (exact) mass is 412 g/mol. The number of carbonyl (C=O) groups is 1. The van der Waals surface area contributed by atoms with Crippen molar-refractivity contribution in [3.05, 3.63) is 96.2 Å². The van der Waals surface area contributed by atoms with Crippen molar-refractivity contribution in [2.24, 2.45) is 5.10 Å². The fourth-order valence-electron chi connectivity index (χ4n) is 2.86. The van der Waals surface area contributed by atoms with Crippen LogP contribution in [0, 0.1) is 0 Å². The van der Waals surface area contributed by atoms with Crippen molar-refractivity contribution in [2.75, 3.05) is 7.11 Å². The third kappa shape index (κ3) is 5.16. The highest BCUT2D eigenvalue weighted by atomic mass is 16.5. The van der Waals surface area contributed by atoms with Crippen LogP contribution in [0.15, 0.2) is 90.0 Å². The molecule has 0 saturated heterocycles. The minimum atomic E-state index is -0.389. The van der Waals surface area contributed by atoms with Crippen molar-refractivity contribution in [1.82, 2.24) is 15.6 Å². The highest BCUT2D eigenvalue weighted by molar-refractivity contribution is 5.94. The van der Waals surface area contributed by atoms with Gasteiger partial charge in [-0.1, -0.05) is 30.3 Å². The van der Waals surface area contributed by atoms with Crippen LogP contribution in [0.4, 0.5) is 0 Å². The lowest BCUT2D eigenvalue weighted by molar-refractivity contribution is 0.0950. The molecule has 31 heavy (non-hydrogen) atoms. The van der Waals surface area contributed by atoms with E-state index in [1.807, 2.05) is 78.9 Å². The van der Waals surface area contributed by atoms with Crippen LogP contribution in [-0.4, -0.2) is 29.4 Å². The zero-order valence-electron chi connectivity index (χ0n) is 16.8. The molecule has 4 aromatic rings. The van der Waals surface area contributed by atoms with E-state index >= 15 is 0 Å². The molecule has 2 N–H and O–H groups in total. The zero-order valence-corrected chi connectivity index (χ0v) is 16.8. The molecule has 0 spiro atoms. The number of hydrogen-bond acceptors (Lipinski definition) is 5. The van der Waals surface area contributed by atoms with Crippen LogP contribution in [0.1, 0.15) is 16.1 Å². The molecule has 4 rings (SSSR count). The molecule has 1 aromatic heterocycles. The van der Waals surface area contributed by atoms with E-state index in [-0.39, 0.29) is 5.91 Å². The average Bonchev–Trinajstić information content (AvgIpc) is 3.31. The van der Waals surface area contributed by atoms with Gasteiger partial charge in [-0.3, -0.25) is 9.89 Å². The minimum absolute atomic E-state index is 0.309. The highest BCUT2D eigenvalue weighted by Crippen LogP contribution is 2.22. The maximum Gasteiger partial charge on any atom is 0.289 e. The fourth-order valence-corrected chi connectivity index (χ4v) is 2.86. The summed E-state index contributed by atoms with van der Waals surface area (Å²) in [6.07, 6.45) is 1.55. The summed E-state index contributed by atoms with van der Waals surface area (Å²) < 4.78 is 11.0. The van der Waals surface area contributed by atoms with Gasteiger partial charge in [0.1, 0.15) is 22.9 Å². The number of ether oxygens (including phenoxy) is 2. The molecule has 0 aliphatic rings. The number of H-pyrrole nitrogens is 1. The second-order valence-corrected chi connectivity index (χ2v) is 6.58. The van der Waals surface area contributed by atoms with E-state index < -0.39 is 0 Å². The Morgan fingerprint density at radius 2 is 1.71 bits per heavy atom. The summed E-state index contributed by atoms with van der Waals surface area (Å²) in [5, 5.41) is 10.9. The van der Waals surface area contributed by atoms with E-state index in [2.05, 4.69) is 20.7 Å². The molecule has 0 atom stereocenters. The summed E-state index contributed by atoms with van der Waals surface area (Å²) in [7, 11) is 1.61. The zero-order chi connectivity index (χ0) is 21.5. The van der Waals surface area contributed by atoms with Crippen LogP contribution in [-0.2, 0) is 0 Å². The highest BCUT2D eigenvalue weighted by Gasteiger charge is 2.10. The molecule has 0 aliphatic carbocycles. The Bertz CT molecular complexity index is 1180. The molecular formula is C24H20N4O3. The molecule has 1 heterocycles. The summed E-state index contributed by atoms with van der Waals surface area (Å²) in [6, 6.07) is 26.0. The number of hydrogen-bond donors (Lipinski definition) is 2. The summed E-state index contributed by atoms with van der Waals surface area (Å²) in [5.74, 6) is 1.79. The van der Waals surface area contributed by atoms with Crippen LogP contribution < -0.4 is 14.9 Å². The van der Waals surface area contributed by atoms with E-state index in [0.717, 1.165) is 22.6 Å². The maximum atomic E-state index is 12.3. The largest absolute Gasteiger partial charge is 0.497 e. The first-order chi connectivity index (χ1) is 15.2. The third-order valence-corrected chi connectivity index (χ3v) is 4.42. The van der Waals surface area contributed by atoms with Gasteiger partial charge in [0.25, 0.3) is 5.91 Å². The molecule has 0 fully saturated rings. The fraction of sp³-hybridized carbons (Fsp3) is 0.0417. The van der Waals surface area contributed by atoms with E-state index in [0.29, 0.717) is 17.1 Å². The summed E-state index contributed by atoms with van der Waals surface area (Å²) in [4.78, 5) is 12.3. The van der Waals surface area contributed by atoms with Gasteiger partial charge >= 0.3 is 0 Å². The van der Waals surface area contributed by atoms with E-state index in [1.165, 1.54) is 0 Å². The van der Waals surface area contributed by atoms with Gasteiger partial charge in [-0.25, -0.2) is 5.43 Å². The summed E-state index contributed by atoms with van der Waals surface area (Å²) >= 11 is 0. The van der Waals surface area contributed by atoms with Crippen LogP contribution in [0.2, 0.25) is 0 Å². The number of amides is 1. The lowest BCUT2D eigenvalue weighted by Gasteiger charge is -2.05. The summed E-state index contributed by atoms with van der Waals surface area (Å²) in [6.45, 7) is 0. The lowest BCUT2D eigenvalue weighted by Crippen LogP contribution is -2.18. The molecular weight excluding hydrogens is 392 g/mol. The number of para-hydroxylation sites is 1. The molecule has 3 aromatic carbocycles. The third-order valence-electron chi connectivity index (χ3n) is 4.42. The number of aromatic nitrogens is 2. The Kier molecular flexibility index (Phi) is 6.04. The molecule has 7 heteroatoms. The van der Waals surface area contributed by atoms with E-state index in [1.54, 1.807) is 19.4 Å². The quantitative estimate of drug-likeness (QED) is 0.342. The van der Waals surface area contributed by atoms with Crippen LogP contribution in [0.25, 0.3) is 11.3 Å². The van der Waals surface area contributed by atoms with Crippen molar-refractivity contribution >= 4 is 12.1 Å². The van der Waals surface area contributed by atoms with Crippen molar-refractivity contribution in [1.29, 1.82) is 0 Å². The number of rotatable bonds is 7. The number of nitrogens with zero attached hydrogens (tertiary/aromatic N) is 2. The Morgan fingerprint density at radius 1 is 0.935 bits per heavy atom. The number of aromatic amines is 1. The van der Waals surface area contributed by atoms with Gasteiger partial charge < -0.3 is 9.47 Å². The van der Waals surface area contributed by atoms with Gasteiger partial charge in [-0.15, -0.1) is 0 Å². The Hall–Kier alpha value is -4.39. The van der Waals surface area contributed by atoms with Gasteiger partial charge in [0.05, 0.1) is 19.0 Å². The smallest absolute Gasteiger partial charge is 0.289 e. The standard InChI is InChI=1S/C24H20N4O3/c1-30-19-12-10-18(11-13-19)22-15-23(27-26-22)24(29)28-25-16-17-6-5-9-21(14-17)31-20-7-3-2-4-8-20/h2-16H,1H3,(H,26,27)(H,28,29)/b25-16-. The molecule has 7 nitrogen and oxygen atoms in total. The topological polar surface area (TPSA) is 88.6 Å². The van der Waals surface area contributed by atoms with Gasteiger partial charge in [0, 0.05) is 5.56 Å². The molecule has 0 unspecified atom stereocenters. The van der Waals surface area contributed by atoms with Gasteiger partial charge in [0.15, 0.2) is 0 Å². The lowest BCUT2D eigenvalue weighted by atomic mass is 10.1. The normalized spacial score (nSPS) is 10.7. The maximum absolute atomic E-state index is 12.3. The second-order valence-electron chi connectivity index (χ2n) is 6.58. The Labute approximate surface area is 179 Å². The van der Waals surface area contributed by atoms with Crippen LogP contribution in [0.5, 0.6) is 17.2 Å². The molecule has 1 amide bonds. The van der Waals surface area contributed by atoms with Crippen molar-refractivity contribution < 1.29 is 14.3 Å².